The van der Waals surface area contributed by atoms with Crippen molar-refractivity contribution in [1.82, 2.24) is 4.90 Å². The van der Waals surface area contributed by atoms with E-state index in [-0.39, 0.29) is 18.5 Å². The van der Waals surface area contributed by atoms with Gasteiger partial charge in [0.15, 0.2) is 0 Å². The summed E-state index contributed by atoms with van der Waals surface area (Å²) in [6, 6.07) is 15.7. The normalized spacial score (nSPS) is 17.0. The number of urea groups is 1. The van der Waals surface area contributed by atoms with E-state index in [0.717, 1.165) is 50.5 Å². The van der Waals surface area contributed by atoms with Gasteiger partial charge in [-0.1, -0.05) is 13.3 Å². The van der Waals surface area contributed by atoms with E-state index in [0.29, 0.717) is 12.2 Å². The van der Waals surface area contributed by atoms with Crippen molar-refractivity contribution in [2.24, 2.45) is 0 Å². The number of carbonyl (C=O) groups excluding carboxylic acids is 2. The van der Waals surface area contributed by atoms with Crippen LogP contribution in [0, 0.1) is 0 Å². The van der Waals surface area contributed by atoms with Crippen LogP contribution in [0.4, 0.5) is 21.9 Å². The van der Waals surface area contributed by atoms with Gasteiger partial charge in [-0.15, -0.1) is 0 Å². The Morgan fingerprint density at radius 2 is 1.32 bits per heavy atom. The number of anilines is 3. The van der Waals surface area contributed by atoms with E-state index in [1.807, 2.05) is 36.4 Å². The standard InChI is InChI=1S/C24H30N4O3/c1-3-4-13-27-18-23(29)28(24(27)30)21-7-5-19(6-8-21)25-14-16-26(17-15-25)20-9-11-22(31-2)12-10-20/h5-12H,3-4,13-18H2,1-2H3. The van der Waals surface area contributed by atoms with Crippen LogP contribution in [0.3, 0.4) is 0 Å². The fourth-order valence-corrected chi connectivity index (χ4v) is 4.16. The zero-order valence-electron chi connectivity index (χ0n) is 18.3. The second kappa shape index (κ2) is 9.29. The summed E-state index contributed by atoms with van der Waals surface area (Å²) in [5.41, 5.74) is 2.96. The Morgan fingerprint density at radius 3 is 1.84 bits per heavy atom. The largest absolute Gasteiger partial charge is 0.497 e. The molecule has 0 saturated carbocycles. The lowest BCUT2D eigenvalue weighted by atomic mass is 10.2. The van der Waals surface area contributed by atoms with E-state index < -0.39 is 0 Å². The van der Waals surface area contributed by atoms with Gasteiger partial charge in [-0.05, 0) is 55.0 Å². The molecule has 4 rings (SSSR count). The van der Waals surface area contributed by atoms with Crippen molar-refractivity contribution in [3.63, 3.8) is 0 Å². The van der Waals surface area contributed by atoms with Crippen molar-refractivity contribution in [2.75, 3.05) is 61.1 Å². The van der Waals surface area contributed by atoms with Gasteiger partial charge in [0.1, 0.15) is 12.3 Å². The van der Waals surface area contributed by atoms with Gasteiger partial charge >= 0.3 is 6.03 Å². The van der Waals surface area contributed by atoms with Gasteiger partial charge in [-0.2, -0.15) is 0 Å². The Kier molecular flexibility index (Phi) is 6.30. The van der Waals surface area contributed by atoms with Crippen LogP contribution in [0.1, 0.15) is 19.8 Å². The van der Waals surface area contributed by atoms with Crippen molar-refractivity contribution >= 4 is 29.0 Å². The van der Waals surface area contributed by atoms with Crippen LogP contribution in [-0.4, -0.2) is 63.2 Å². The van der Waals surface area contributed by atoms with Crippen LogP contribution in [0.25, 0.3) is 0 Å². The minimum absolute atomic E-state index is 0.151. The number of methoxy groups -OCH3 is 1. The first-order valence-corrected chi connectivity index (χ1v) is 11.0. The number of amides is 3. The van der Waals surface area contributed by atoms with Crippen LogP contribution in [-0.2, 0) is 4.79 Å². The molecular weight excluding hydrogens is 392 g/mol. The fourth-order valence-electron chi connectivity index (χ4n) is 4.16. The lowest BCUT2D eigenvalue weighted by Crippen LogP contribution is -2.46. The molecule has 7 heteroatoms. The molecule has 7 nitrogen and oxygen atoms in total. The van der Waals surface area contributed by atoms with E-state index >= 15 is 0 Å². The van der Waals surface area contributed by atoms with Gasteiger partial charge < -0.3 is 19.4 Å². The number of carbonyl (C=O) groups is 2. The van der Waals surface area contributed by atoms with Gasteiger partial charge in [0, 0.05) is 44.1 Å². The zero-order valence-corrected chi connectivity index (χ0v) is 18.3. The van der Waals surface area contributed by atoms with Gasteiger partial charge in [-0.3, -0.25) is 4.79 Å². The summed E-state index contributed by atoms with van der Waals surface area (Å²) in [6.45, 7) is 6.58. The summed E-state index contributed by atoms with van der Waals surface area (Å²) in [5, 5.41) is 0. The molecule has 0 atom stereocenters. The third kappa shape index (κ3) is 4.45. The van der Waals surface area contributed by atoms with E-state index in [9.17, 15) is 9.59 Å². The van der Waals surface area contributed by atoms with Gasteiger partial charge in [-0.25, -0.2) is 9.69 Å². The molecule has 2 aliphatic rings. The van der Waals surface area contributed by atoms with Crippen molar-refractivity contribution in [2.45, 2.75) is 19.8 Å². The van der Waals surface area contributed by atoms with Crippen molar-refractivity contribution in [1.29, 1.82) is 0 Å². The third-order valence-corrected chi connectivity index (χ3v) is 6.01. The molecule has 0 unspecified atom stereocenters. The third-order valence-electron chi connectivity index (χ3n) is 6.01. The summed E-state index contributed by atoms with van der Waals surface area (Å²) < 4.78 is 5.24. The molecule has 0 aliphatic carbocycles. The molecule has 0 N–H and O–H groups in total. The molecule has 164 valence electrons. The van der Waals surface area contributed by atoms with Crippen LogP contribution in [0.2, 0.25) is 0 Å². The predicted octanol–water partition coefficient (Wildman–Crippen LogP) is 3.59. The van der Waals surface area contributed by atoms with Gasteiger partial charge in [0.2, 0.25) is 0 Å². The molecule has 2 aliphatic heterocycles. The number of benzene rings is 2. The molecule has 0 spiro atoms. The number of nitrogens with zero attached hydrogens (tertiary/aromatic N) is 4. The van der Waals surface area contributed by atoms with Crippen LogP contribution in [0.5, 0.6) is 5.75 Å². The maximum absolute atomic E-state index is 12.6. The molecule has 0 bridgehead atoms. The highest BCUT2D eigenvalue weighted by Gasteiger charge is 2.36. The first-order valence-electron chi connectivity index (χ1n) is 11.0. The number of piperazine rings is 1. The summed E-state index contributed by atoms with van der Waals surface area (Å²) >= 11 is 0. The maximum atomic E-state index is 12.6. The number of rotatable bonds is 7. The monoisotopic (exact) mass is 422 g/mol. The lowest BCUT2D eigenvalue weighted by molar-refractivity contribution is -0.116. The van der Waals surface area contributed by atoms with Gasteiger partial charge in [0.05, 0.1) is 12.8 Å². The Hall–Kier alpha value is -3.22. The van der Waals surface area contributed by atoms with Crippen molar-refractivity contribution in [3.8, 4) is 5.75 Å². The number of ether oxygens (including phenoxy) is 1. The van der Waals surface area contributed by atoms with E-state index in [1.54, 1.807) is 12.0 Å². The van der Waals surface area contributed by atoms with E-state index in [2.05, 4.69) is 28.9 Å². The Morgan fingerprint density at radius 1 is 0.806 bits per heavy atom. The Balaban J connectivity index is 1.36. The maximum Gasteiger partial charge on any atom is 0.331 e. The molecule has 2 heterocycles. The summed E-state index contributed by atoms with van der Waals surface area (Å²) in [7, 11) is 1.68. The number of unbranched alkanes of at least 4 members (excludes halogenated alkanes) is 1. The van der Waals surface area contributed by atoms with Crippen LogP contribution in [0.15, 0.2) is 48.5 Å². The molecule has 31 heavy (non-hydrogen) atoms. The van der Waals surface area contributed by atoms with E-state index in [4.69, 9.17) is 4.74 Å². The molecule has 0 radical (unpaired) electrons. The minimum Gasteiger partial charge on any atom is -0.497 e. The first kappa shape index (κ1) is 21.0. The van der Waals surface area contributed by atoms with E-state index in [1.165, 1.54) is 10.6 Å². The minimum atomic E-state index is -0.209. The smallest absolute Gasteiger partial charge is 0.331 e. The van der Waals surface area contributed by atoms with Crippen molar-refractivity contribution < 1.29 is 14.3 Å². The molecule has 3 amide bonds. The quantitative estimate of drug-likeness (QED) is 0.639. The first-order chi connectivity index (χ1) is 15.1. The lowest BCUT2D eigenvalue weighted by Gasteiger charge is -2.37. The van der Waals surface area contributed by atoms with Crippen molar-refractivity contribution in [3.05, 3.63) is 48.5 Å². The fraction of sp³-hybridized carbons (Fsp3) is 0.417. The zero-order chi connectivity index (χ0) is 21.8. The number of hydrogen-bond acceptors (Lipinski definition) is 5. The van der Waals surface area contributed by atoms with Crippen LogP contribution < -0.4 is 19.4 Å². The number of hydrogen-bond donors (Lipinski definition) is 0. The molecule has 2 aromatic carbocycles. The molecule has 0 aromatic heterocycles. The summed E-state index contributed by atoms with van der Waals surface area (Å²) in [4.78, 5) is 32.7. The second-order valence-corrected chi connectivity index (χ2v) is 7.98. The Labute approximate surface area is 183 Å². The molecular formula is C24H30N4O3. The number of imide groups is 1. The predicted molar refractivity (Wildman–Crippen MR) is 123 cm³/mol. The molecule has 2 aromatic rings. The van der Waals surface area contributed by atoms with Gasteiger partial charge in [0.25, 0.3) is 5.91 Å². The Bertz CT molecular complexity index is 905. The second-order valence-electron chi connectivity index (χ2n) is 7.98. The average Bonchev–Trinajstić information content (AvgIpc) is 3.10. The SMILES string of the molecule is CCCCN1CC(=O)N(c2ccc(N3CCN(c4ccc(OC)cc4)CC3)cc2)C1=O. The molecule has 2 saturated heterocycles. The summed E-state index contributed by atoms with van der Waals surface area (Å²) in [5.74, 6) is 0.716. The highest BCUT2D eigenvalue weighted by molar-refractivity contribution is 6.19. The topological polar surface area (TPSA) is 56.3 Å². The summed E-state index contributed by atoms with van der Waals surface area (Å²) in [6.07, 6.45) is 1.91. The average molecular weight is 423 g/mol. The highest BCUT2D eigenvalue weighted by atomic mass is 16.5. The van der Waals surface area contributed by atoms with Crippen LogP contribution >= 0.6 is 0 Å². The molecule has 2 fully saturated rings. The highest BCUT2D eigenvalue weighted by Crippen LogP contribution is 2.27.